The SMILES string of the molecule is C=C(CCC(/C=C\CC)=C/CC)C(CC/C=C\C)C(C=NC)NCCC.CC. The second-order valence-corrected chi connectivity index (χ2v) is 6.80. The first-order chi connectivity index (χ1) is 13.6. The lowest BCUT2D eigenvalue weighted by atomic mass is 9.85. The number of aliphatic imine (C=N–C) groups is 1. The van der Waals surface area contributed by atoms with E-state index in [-0.39, 0.29) is 6.04 Å². The monoisotopic (exact) mass is 388 g/mol. The van der Waals surface area contributed by atoms with Gasteiger partial charge < -0.3 is 5.32 Å². The van der Waals surface area contributed by atoms with Gasteiger partial charge in [0.2, 0.25) is 0 Å². The highest BCUT2D eigenvalue weighted by Gasteiger charge is 2.21. The molecule has 0 aliphatic carbocycles. The van der Waals surface area contributed by atoms with E-state index in [2.05, 4.69) is 81.2 Å². The number of hydrogen-bond donors (Lipinski definition) is 1. The molecule has 0 radical (unpaired) electrons. The minimum Gasteiger partial charge on any atom is -0.309 e. The fraction of sp³-hybridized carbons (Fsp3) is 0.654. The van der Waals surface area contributed by atoms with Crippen LogP contribution in [-0.2, 0) is 0 Å². The molecular weight excluding hydrogens is 340 g/mol. The molecule has 0 aliphatic rings. The van der Waals surface area contributed by atoms with E-state index in [1.165, 1.54) is 11.1 Å². The fourth-order valence-electron chi connectivity index (χ4n) is 3.13. The van der Waals surface area contributed by atoms with Crippen LogP contribution < -0.4 is 5.32 Å². The minimum absolute atomic E-state index is 0.280. The van der Waals surface area contributed by atoms with Crippen LogP contribution in [-0.4, -0.2) is 25.8 Å². The highest BCUT2D eigenvalue weighted by atomic mass is 14.9. The molecule has 2 heteroatoms. The maximum Gasteiger partial charge on any atom is 0.0486 e. The van der Waals surface area contributed by atoms with Crippen LogP contribution in [0, 0.1) is 5.92 Å². The van der Waals surface area contributed by atoms with Crippen LogP contribution in [0.25, 0.3) is 0 Å². The van der Waals surface area contributed by atoms with Crippen LogP contribution in [0.4, 0.5) is 0 Å². The summed E-state index contributed by atoms with van der Waals surface area (Å²) >= 11 is 0. The number of nitrogens with one attached hydrogen (secondary N) is 1. The summed E-state index contributed by atoms with van der Waals surface area (Å²) in [7, 11) is 1.87. The van der Waals surface area contributed by atoms with Crippen LogP contribution in [0.2, 0.25) is 0 Å². The predicted octanol–water partition coefficient (Wildman–Crippen LogP) is 7.69. The Balaban J connectivity index is 0. The van der Waals surface area contributed by atoms with Crippen LogP contribution in [0.1, 0.15) is 86.5 Å². The van der Waals surface area contributed by atoms with E-state index in [0.717, 1.165) is 51.5 Å². The van der Waals surface area contributed by atoms with Crippen molar-refractivity contribution < 1.29 is 0 Å². The highest BCUT2D eigenvalue weighted by molar-refractivity contribution is 5.65. The fourth-order valence-corrected chi connectivity index (χ4v) is 3.13. The smallest absolute Gasteiger partial charge is 0.0486 e. The van der Waals surface area contributed by atoms with Gasteiger partial charge >= 0.3 is 0 Å². The molecule has 0 aromatic rings. The quantitative estimate of drug-likeness (QED) is 0.173. The van der Waals surface area contributed by atoms with Crippen LogP contribution in [0.5, 0.6) is 0 Å². The van der Waals surface area contributed by atoms with Gasteiger partial charge in [-0.3, -0.25) is 4.99 Å². The molecule has 0 bridgehead atoms. The molecule has 162 valence electrons. The van der Waals surface area contributed by atoms with E-state index in [9.17, 15) is 0 Å². The molecule has 28 heavy (non-hydrogen) atoms. The van der Waals surface area contributed by atoms with Gasteiger partial charge in [0.1, 0.15) is 0 Å². The van der Waals surface area contributed by atoms with Gasteiger partial charge in [0, 0.05) is 25.2 Å². The Morgan fingerprint density at radius 1 is 1.07 bits per heavy atom. The topological polar surface area (TPSA) is 24.4 Å². The van der Waals surface area contributed by atoms with Gasteiger partial charge in [0.15, 0.2) is 0 Å². The summed E-state index contributed by atoms with van der Waals surface area (Å²) in [5.74, 6) is 0.430. The summed E-state index contributed by atoms with van der Waals surface area (Å²) in [6.07, 6.45) is 21.0. The van der Waals surface area contributed by atoms with E-state index in [4.69, 9.17) is 0 Å². The van der Waals surface area contributed by atoms with Gasteiger partial charge in [0.25, 0.3) is 0 Å². The average molecular weight is 389 g/mol. The zero-order valence-corrected chi connectivity index (χ0v) is 19.9. The molecule has 0 amide bonds. The van der Waals surface area contributed by atoms with Gasteiger partial charge in [-0.15, -0.1) is 0 Å². The lowest BCUT2D eigenvalue weighted by Gasteiger charge is -2.27. The molecule has 0 aliphatic heterocycles. The summed E-state index contributed by atoms with van der Waals surface area (Å²) in [5.41, 5.74) is 2.78. The van der Waals surface area contributed by atoms with Crippen LogP contribution >= 0.6 is 0 Å². The minimum atomic E-state index is 0.280. The van der Waals surface area contributed by atoms with Crippen molar-refractivity contribution in [3.8, 4) is 0 Å². The van der Waals surface area contributed by atoms with E-state index >= 15 is 0 Å². The van der Waals surface area contributed by atoms with Crippen LogP contribution in [0.3, 0.4) is 0 Å². The van der Waals surface area contributed by atoms with Crippen molar-refractivity contribution in [1.82, 2.24) is 5.32 Å². The van der Waals surface area contributed by atoms with Gasteiger partial charge in [-0.2, -0.15) is 0 Å². The molecule has 2 atom stereocenters. The molecule has 0 saturated heterocycles. The van der Waals surface area contributed by atoms with Gasteiger partial charge in [-0.05, 0) is 58.4 Å². The highest BCUT2D eigenvalue weighted by Crippen LogP contribution is 2.26. The number of nitrogens with zero attached hydrogens (tertiary/aromatic N) is 1. The molecular formula is C26H48N2. The molecule has 0 rings (SSSR count). The summed E-state index contributed by atoms with van der Waals surface area (Å²) in [6, 6.07) is 0.280. The molecule has 2 nitrogen and oxygen atoms in total. The number of allylic oxidation sites excluding steroid dienone is 6. The zero-order chi connectivity index (χ0) is 21.6. The largest absolute Gasteiger partial charge is 0.309 e. The third-order valence-corrected chi connectivity index (χ3v) is 4.55. The van der Waals surface area contributed by atoms with Gasteiger partial charge in [0.05, 0.1) is 0 Å². The Bertz CT molecular complexity index is 469. The maximum atomic E-state index is 4.48. The Kier molecular flexibility index (Phi) is 22.5. The van der Waals surface area contributed by atoms with E-state index < -0.39 is 0 Å². The molecule has 0 aromatic heterocycles. The predicted molar refractivity (Wildman–Crippen MR) is 132 cm³/mol. The van der Waals surface area contributed by atoms with Crippen LogP contribution in [0.15, 0.2) is 53.1 Å². The summed E-state index contributed by atoms with van der Waals surface area (Å²) in [4.78, 5) is 4.32. The van der Waals surface area contributed by atoms with Crippen molar-refractivity contribution >= 4 is 6.21 Å². The Morgan fingerprint density at radius 3 is 2.32 bits per heavy atom. The first kappa shape index (κ1) is 28.8. The average Bonchev–Trinajstić information content (AvgIpc) is 2.72. The van der Waals surface area contributed by atoms with Gasteiger partial charge in [-0.1, -0.05) is 82.7 Å². The third kappa shape index (κ3) is 14.6. The van der Waals surface area contributed by atoms with Crippen molar-refractivity contribution in [2.75, 3.05) is 13.6 Å². The number of hydrogen-bond acceptors (Lipinski definition) is 2. The van der Waals surface area contributed by atoms with E-state index in [1.807, 2.05) is 20.9 Å². The number of rotatable bonds is 15. The van der Waals surface area contributed by atoms with Crippen molar-refractivity contribution in [2.45, 2.75) is 92.5 Å². The van der Waals surface area contributed by atoms with Gasteiger partial charge in [-0.25, -0.2) is 0 Å². The van der Waals surface area contributed by atoms with E-state index in [1.54, 1.807) is 0 Å². The molecule has 0 spiro atoms. The van der Waals surface area contributed by atoms with Crippen molar-refractivity contribution in [3.63, 3.8) is 0 Å². The van der Waals surface area contributed by atoms with Crippen molar-refractivity contribution in [2.24, 2.45) is 10.9 Å². The van der Waals surface area contributed by atoms with Crippen molar-refractivity contribution in [3.05, 3.63) is 48.1 Å². The third-order valence-electron chi connectivity index (χ3n) is 4.55. The molecule has 0 fully saturated rings. The first-order valence-electron chi connectivity index (χ1n) is 11.4. The molecule has 2 unspecified atom stereocenters. The normalized spacial score (nSPS) is 14.5. The molecule has 0 saturated carbocycles. The maximum absolute atomic E-state index is 4.48. The first-order valence-corrected chi connectivity index (χ1v) is 11.4. The second kappa shape index (κ2) is 21.9. The second-order valence-electron chi connectivity index (χ2n) is 6.80. The molecule has 0 aromatic carbocycles. The summed E-state index contributed by atoms with van der Waals surface area (Å²) < 4.78 is 0. The standard InChI is InChI=1S/C24H42N2.C2H6/c1-7-11-13-16-23(24(20-25-6)26-19-10-4)21(5)17-18-22(14-9-3)15-12-8-2;1-2/h7,11-12,14-15,20,23-24,26H,5,8-10,13,16-19H2,1-4,6H3;1-2H3/b11-7-,15-12-,22-14+,25-20?;. The summed E-state index contributed by atoms with van der Waals surface area (Å²) in [5, 5.41) is 3.66. The zero-order valence-electron chi connectivity index (χ0n) is 19.9. The molecule has 1 N–H and O–H groups in total. The Morgan fingerprint density at radius 2 is 1.79 bits per heavy atom. The Hall–Kier alpha value is -1.41. The molecule has 0 heterocycles. The van der Waals surface area contributed by atoms with E-state index in [0.29, 0.717) is 5.92 Å². The Labute approximate surface area is 177 Å². The lowest BCUT2D eigenvalue weighted by Crippen LogP contribution is -2.39. The summed E-state index contributed by atoms with van der Waals surface area (Å²) in [6.45, 7) is 18.2. The van der Waals surface area contributed by atoms with Crippen molar-refractivity contribution in [1.29, 1.82) is 0 Å². The lowest BCUT2D eigenvalue weighted by molar-refractivity contribution is 0.446.